The summed E-state index contributed by atoms with van der Waals surface area (Å²) in [6.45, 7) is 4.33. The van der Waals surface area contributed by atoms with Gasteiger partial charge in [-0.25, -0.2) is 0 Å². The Hall–Kier alpha value is -1.36. The van der Waals surface area contributed by atoms with E-state index in [0.717, 1.165) is 16.5 Å². The van der Waals surface area contributed by atoms with E-state index in [-0.39, 0.29) is 11.9 Å². The van der Waals surface area contributed by atoms with E-state index in [9.17, 15) is 14.7 Å². The topological polar surface area (TPSA) is 57.6 Å². The Balaban J connectivity index is 2.28. The van der Waals surface area contributed by atoms with Gasteiger partial charge in [0.2, 0.25) is 0 Å². The summed E-state index contributed by atoms with van der Waals surface area (Å²) in [6, 6.07) is 5.24. The second-order valence-electron chi connectivity index (χ2n) is 5.24. The third kappa shape index (κ3) is 2.73. The fourth-order valence-electron chi connectivity index (χ4n) is 2.75. The SMILES string of the molecule is Cc1c(Br)cccc1C(=O)N1CCC[C@@H](C(=O)O)[C@H]1C. The number of carbonyl (C=O) groups is 2. The Morgan fingerprint density at radius 3 is 2.75 bits per heavy atom. The molecule has 20 heavy (non-hydrogen) atoms. The monoisotopic (exact) mass is 339 g/mol. The van der Waals surface area contributed by atoms with Crippen molar-refractivity contribution in [2.75, 3.05) is 6.54 Å². The zero-order valence-corrected chi connectivity index (χ0v) is 13.2. The molecule has 1 aromatic rings. The smallest absolute Gasteiger partial charge is 0.308 e. The first-order valence-corrected chi connectivity index (χ1v) is 7.51. The van der Waals surface area contributed by atoms with E-state index in [1.54, 1.807) is 11.0 Å². The lowest BCUT2D eigenvalue weighted by Gasteiger charge is -2.37. The maximum absolute atomic E-state index is 12.7. The van der Waals surface area contributed by atoms with Crippen LogP contribution in [-0.2, 0) is 4.79 Å². The molecule has 1 aliphatic heterocycles. The molecule has 5 heteroatoms. The van der Waals surface area contributed by atoms with Gasteiger partial charge in [0.15, 0.2) is 0 Å². The van der Waals surface area contributed by atoms with Crippen LogP contribution < -0.4 is 0 Å². The van der Waals surface area contributed by atoms with Crippen molar-refractivity contribution >= 4 is 27.8 Å². The van der Waals surface area contributed by atoms with Crippen molar-refractivity contribution in [3.05, 3.63) is 33.8 Å². The zero-order valence-electron chi connectivity index (χ0n) is 11.6. The summed E-state index contributed by atoms with van der Waals surface area (Å²) in [7, 11) is 0. The van der Waals surface area contributed by atoms with Crippen LogP contribution in [0.4, 0.5) is 0 Å². The predicted molar refractivity (Wildman–Crippen MR) is 79.7 cm³/mol. The van der Waals surface area contributed by atoms with E-state index in [4.69, 9.17) is 0 Å². The highest BCUT2D eigenvalue weighted by molar-refractivity contribution is 9.10. The van der Waals surface area contributed by atoms with Crippen LogP contribution in [0.15, 0.2) is 22.7 Å². The molecule has 2 atom stereocenters. The minimum atomic E-state index is -0.819. The number of carboxylic acid groups (broad SMARTS) is 1. The second kappa shape index (κ2) is 5.95. The van der Waals surface area contributed by atoms with Crippen LogP contribution in [0.2, 0.25) is 0 Å². The molecule has 1 aromatic carbocycles. The van der Waals surface area contributed by atoms with Crippen molar-refractivity contribution in [3.63, 3.8) is 0 Å². The molecule has 0 bridgehead atoms. The highest BCUT2D eigenvalue weighted by atomic mass is 79.9. The van der Waals surface area contributed by atoms with Crippen LogP contribution in [0.5, 0.6) is 0 Å². The van der Waals surface area contributed by atoms with Gasteiger partial charge in [0.25, 0.3) is 5.91 Å². The van der Waals surface area contributed by atoms with E-state index < -0.39 is 11.9 Å². The highest BCUT2D eigenvalue weighted by Gasteiger charge is 2.35. The normalized spacial score (nSPS) is 22.6. The molecule has 1 aliphatic rings. The fraction of sp³-hybridized carbons (Fsp3) is 0.467. The molecule has 1 N–H and O–H groups in total. The van der Waals surface area contributed by atoms with Crippen LogP contribution in [0.25, 0.3) is 0 Å². The largest absolute Gasteiger partial charge is 0.481 e. The number of rotatable bonds is 2. The van der Waals surface area contributed by atoms with E-state index >= 15 is 0 Å². The number of piperidine rings is 1. The van der Waals surface area contributed by atoms with Crippen molar-refractivity contribution in [2.45, 2.75) is 32.7 Å². The molecule has 0 aliphatic carbocycles. The minimum Gasteiger partial charge on any atom is -0.481 e. The molecule has 0 unspecified atom stereocenters. The first kappa shape index (κ1) is 15.0. The zero-order chi connectivity index (χ0) is 14.9. The Morgan fingerprint density at radius 2 is 2.10 bits per heavy atom. The minimum absolute atomic E-state index is 0.0812. The number of carboxylic acids is 1. The van der Waals surface area contributed by atoms with Gasteiger partial charge in [-0.3, -0.25) is 9.59 Å². The number of amides is 1. The van der Waals surface area contributed by atoms with Gasteiger partial charge in [0.05, 0.1) is 5.92 Å². The number of nitrogens with zero attached hydrogens (tertiary/aromatic N) is 1. The third-order valence-electron chi connectivity index (χ3n) is 4.06. The average Bonchev–Trinajstić information content (AvgIpc) is 2.41. The van der Waals surface area contributed by atoms with Crippen molar-refractivity contribution in [2.24, 2.45) is 5.92 Å². The Bertz CT molecular complexity index is 544. The summed E-state index contributed by atoms with van der Waals surface area (Å²) in [5, 5.41) is 9.23. The van der Waals surface area contributed by atoms with Gasteiger partial charge in [-0.15, -0.1) is 0 Å². The van der Waals surface area contributed by atoms with E-state index in [2.05, 4.69) is 15.9 Å². The lowest BCUT2D eigenvalue weighted by Crippen LogP contribution is -2.49. The Morgan fingerprint density at radius 1 is 1.40 bits per heavy atom. The third-order valence-corrected chi connectivity index (χ3v) is 4.92. The van der Waals surface area contributed by atoms with Crippen LogP contribution in [0, 0.1) is 12.8 Å². The van der Waals surface area contributed by atoms with Crippen molar-refractivity contribution in [1.82, 2.24) is 4.90 Å². The van der Waals surface area contributed by atoms with Crippen LogP contribution >= 0.6 is 15.9 Å². The number of hydrogen-bond acceptors (Lipinski definition) is 2. The molecule has 1 fully saturated rings. The molecule has 0 saturated carbocycles. The number of aliphatic carboxylic acids is 1. The summed E-state index contributed by atoms with van der Waals surface area (Å²) in [5.41, 5.74) is 1.53. The maximum atomic E-state index is 12.7. The number of likely N-dealkylation sites (tertiary alicyclic amines) is 1. The summed E-state index contributed by atoms with van der Waals surface area (Å²) < 4.78 is 0.891. The van der Waals surface area contributed by atoms with Gasteiger partial charge in [0, 0.05) is 22.6 Å². The van der Waals surface area contributed by atoms with Gasteiger partial charge >= 0.3 is 5.97 Å². The molecule has 0 radical (unpaired) electrons. The lowest BCUT2D eigenvalue weighted by atomic mass is 9.89. The Kier molecular flexibility index (Phi) is 4.48. The number of hydrogen-bond donors (Lipinski definition) is 1. The molecule has 1 amide bonds. The molecule has 108 valence electrons. The fourth-order valence-corrected chi connectivity index (χ4v) is 3.12. The van der Waals surface area contributed by atoms with E-state index in [0.29, 0.717) is 18.5 Å². The van der Waals surface area contributed by atoms with Crippen LogP contribution in [0.3, 0.4) is 0 Å². The van der Waals surface area contributed by atoms with Gasteiger partial charge in [0.1, 0.15) is 0 Å². The first-order valence-electron chi connectivity index (χ1n) is 6.72. The number of carbonyl (C=O) groups excluding carboxylic acids is 1. The molecular formula is C15H18BrNO3. The first-order chi connectivity index (χ1) is 9.43. The molecule has 2 rings (SSSR count). The van der Waals surface area contributed by atoms with Crippen molar-refractivity contribution in [3.8, 4) is 0 Å². The molecule has 1 saturated heterocycles. The van der Waals surface area contributed by atoms with Gasteiger partial charge in [-0.2, -0.15) is 0 Å². The molecule has 1 heterocycles. The maximum Gasteiger partial charge on any atom is 0.308 e. The standard InChI is InChI=1S/C15H18BrNO3/c1-9-11(5-3-7-13(9)16)14(18)17-8-4-6-12(10(17)2)15(19)20/h3,5,7,10,12H,4,6,8H2,1-2H3,(H,19,20)/t10-,12-/m1/s1. The summed E-state index contributed by atoms with van der Waals surface area (Å²) in [5.74, 6) is -1.37. The van der Waals surface area contributed by atoms with Crippen molar-refractivity contribution in [1.29, 1.82) is 0 Å². The van der Waals surface area contributed by atoms with E-state index in [1.165, 1.54) is 0 Å². The van der Waals surface area contributed by atoms with Gasteiger partial charge in [-0.1, -0.05) is 22.0 Å². The van der Waals surface area contributed by atoms with Gasteiger partial charge < -0.3 is 10.0 Å². The Labute approximate surface area is 126 Å². The molecule has 4 nitrogen and oxygen atoms in total. The highest BCUT2D eigenvalue weighted by Crippen LogP contribution is 2.27. The number of benzene rings is 1. The molecular weight excluding hydrogens is 322 g/mol. The quantitative estimate of drug-likeness (QED) is 0.900. The van der Waals surface area contributed by atoms with Crippen LogP contribution in [0.1, 0.15) is 35.7 Å². The lowest BCUT2D eigenvalue weighted by molar-refractivity contribution is -0.144. The van der Waals surface area contributed by atoms with Gasteiger partial charge in [-0.05, 0) is 44.4 Å². The predicted octanol–water partition coefficient (Wildman–Crippen LogP) is 3.08. The average molecular weight is 340 g/mol. The molecule has 0 aromatic heterocycles. The summed E-state index contributed by atoms with van der Waals surface area (Å²) in [6.07, 6.45) is 1.37. The van der Waals surface area contributed by atoms with Crippen molar-refractivity contribution < 1.29 is 14.7 Å². The second-order valence-corrected chi connectivity index (χ2v) is 6.09. The number of halogens is 1. The van der Waals surface area contributed by atoms with E-state index in [1.807, 2.05) is 26.0 Å². The molecule has 0 spiro atoms. The summed E-state index contributed by atoms with van der Waals surface area (Å²) in [4.78, 5) is 25.6. The summed E-state index contributed by atoms with van der Waals surface area (Å²) >= 11 is 3.42. The van der Waals surface area contributed by atoms with Crippen LogP contribution in [-0.4, -0.2) is 34.5 Å².